The molecular weight excluding hydrogens is 268 g/mol. The zero-order valence-corrected chi connectivity index (χ0v) is 13.4. The molecule has 0 fully saturated rings. The number of thiazole rings is 1. The van der Waals surface area contributed by atoms with Crippen LogP contribution < -0.4 is 10.2 Å². The molecule has 1 N–H and O–H groups in total. The molecule has 4 nitrogen and oxygen atoms in total. The van der Waals surface area contributed by atoms with Crippen LogP contribution in [0, 0.1) is 13.8 Å². The standard InChI is InChI=1S/C15H22N4S/c1-5-16-7-13-8-17-11(2)6-15(13)19(4)9-14-10-20-12(3)18-14/h6,8,10,16H,5,7,9H2,1-4H3. The first-order valence-electron chi connectivity index (χ1n) is 6.88. The molecule has 0 unspecified atom stereocenters. The molecule has 0 amide bonds. The van der Waals surface area contributed by atoms with Gasteiger partial charge in [-0.15, -0.1) is 11.3 Å². The smallest absolute Gasteiger partial charge is 0.0898 e. The van der Waals surface area contributed by atoms with Gasteiger partial charge >= 0.3 is 0 Å². The highest BCUT2D eigenvalue weighted by Crippen LogP contribution is 2.22. The molecule has 2 aromatic heterocycles. The Bertz CT molecular complexity index is 565. The third-order valence-corrected chi connectivity index (χ3v) is 3.96. The summed E-state index contributed by atoms with van der Waals surface area (Å²) >= 11 is 1.70. The van der Waals surface area contributed by atoms with E-state index in [-0.39, 0.29) is 0 Å². The van der Waals surface area contributed by atoms with Crippen molar-refractivity contribution in [2.45, 2.75) is 33.9 Å². The predicted octanol–water partition coefficient (Wildman–Crippen LogP) is 2.90. The summed E-state index contributed by atoms with van der Waals surface area (Å²) in [4.78, 5) is 11.2. The fraction of sp³-hybridized carbons (Fsp3) is 0.467. The molecule has 108 valence electrons. The third kappa shape index (κ3) is 3.77. The van der Waals surface area contributed by atoms with E-state index in [1.807, 2.05) is 20.0 Å². The van der Waals surface area contributed by atoms with Gasteiger partial charge in [0.15, 0.2) is 0 Å². The molecule has 0 aliphatic heterocycles. The van der Waals surface area contributed by atoms with Crippen molar-refractivity contribution < 1.29 is 0 Å². The number of rotatable bonds is 6. The summed E-state index contributed by atoms with van der Waals surface area (Å²) in [5.74, 6) is 0. The van der Waals surface area contributed by atoms with E-state index in [0.717, 1.165) is 36.0 Å². The van der Waals surface area contributed by atoms with Crippen molar-refractivity contribution in [3.05, 3.63) is 39.6 Å². The minimum Gasteiger partial charge on any atom is -0.368 e. The number of aromatic nitrogens is 2. The van der Waals surface area contributed by atoms with Gasteiger partial charge in [-0.05, 0) is 26.5 Å². The summed E-state index contributed by atoms with van der Waals surface area (Å²) in [6.45, 7) is 8.82. The number of hydrogen-bond acceptors (Lipinski definition) is 5. The lowest BCUT2D eigenvalue weighted by Gasteiger charge is -2.22. The fourth-order valence-electron chi connectivity index (χ4n) is 2.13. The third-order valence-electron chi connectivity index (χ3n) is 3.14. The monoisotopic (exact) mass is 290 g/mol. The molecule has 0 saturated carbocycles. The van der Waals surface area contributed by atoms with Crippen LogP contribution in [0.5, 0.6) is 0 Å². The Morgan fingerprint density at radius 2 is 2.15 bits per heavy atom. The molecule has 0 spiro atoms. The molecule has 0 aliphatic rings. The average molecular weight is 290 g/mol. The van der Waals surface area contributed by atoms with Gasteiger partial charge in [-0.1, -0.05) is 6.92 Å². The van der Waals surface area contributed by atoms with Crippen molar-refractivity contribution in [2.75, 3.05) is 18.5 Å². The lowest BCUT2D eigenvalue weighted by atomic mass is 10.2. The molecule has 2 heterocycles. The van der Waals surface area contributed by atoms with Gasteiger partial charge < -0.3 is 10.2 Å². The highest BCUT2D eigenvalue weighted by atomic mass is 32.1. The molecule has 0 aliphatic carbocycles. The number of anilines is 1. The van der Waals surface area contributed by atoms with Crippen LogP contribution in [0.4, 0.5) is 5.69 Å². The van der Waals surface area contributed by atoms with E-state index in [4.69, 9.17) is 0 Å². The van der Waals surface area contributed by atoms with E-state index in [9.17, 15) is 0 Å². The first-order valence-corrected chi connectivity index (χ1v) is 7.76. The Morgan fingerprint density at radius 3 is 2.80 bits per heavy atom. The molecule has 0 aromatic carbocycles. The number of nitrogens with zero attached hydrogens (tertiary/aromatic N) is 3. The van der Waals surface area contributed by atoms with Gasteiger partial charge in [0.05, 0.1) is 17.2 Å². The summed E-state index contributed by atoms with van der Waals surface area (Å²) in [6, 6.07) is 2.14. The second-order valence-electron chi connectivity index (χ2n) is 4.95. The number of nitrogens with one attached hydrogen (secondary N) is 1. The normalized spacial score (nSPS) is 10.8. The van der Waals surface area contributed by atoms with Crippen LogP contribution in [0.3, 0.4) is 0 Å². The molecule has 20 heavy (non-hydrogen) atoms. The highest BCUT2D eigenvalue weighted by molar-refractivity contribution is 7.09. The van der Waals surface area contributed by atoms with E-state index in [1.54, 1.807) is 11.3 Å². The van der Waals surface area contributed by atoms with E-state index >= 15 is 0 Å². The molecule has 2 aromatic rings. The zero-order chi connectivity index (χ0) is 14.5. The van der Waals surface area contributed by atoms with E-state index in [2.05, 4.69) is 45.6 Å². The van der Waals surface area contributed by atoms with Crippen LogP contribution in [-0.2, 0) is 13.1 Å². The second-order valence-corrected chi connectivity index (χ2v) is 6.01. The predicted molar refractivity (Wildman–Crippen MR) is 85.3 cm³/mol. The fourth-order valence-corrected chi connectivity index (χ4v) is 2.74. The molecule has 0 bridgehead atoms. The van der Waals surface area contributed by atoms with E-state index in [0.29, 0.717) is 0 Å². The first-order chi connectivity index (χ1) is 9.60. The lowest BCUT2D eigenvalue weighted by molar-refractivity contribution is 0.719. The SMILES string of the molecule is CCNCc1cnc(C)cc1N(C)Cc1csc(C)n1. The second kappa shape index (κ2) is 6.81. The molecule has 0 radical (unpaired) electrons. The summed E-state index contributed by atoms with van der Waals surface area (Å²) in [7, 11) is 2.11. The van der Waals surface area contributed by atoms with Crippen LogP contribution in [0.1, 0.15) is 28.9 Å². The molecule has 0 saturated heterocycles. The van der Waals surface area contributed by atoms with Gasteiger partial charge in [0.25, 0.3) is 0 Å². The minimum absolute atomic E-state index is 0.826. The van der Waals surface area contributed by atoms with E-state index < -0.39 is 0 Å². The Labute approximate surface area is 124 Å². The van der Waals surface area contributed by atoms with Crippen LogP contribution in [0.25, 0.3) is 0 Å². The Kier molecular flexibility index (Phi) is 5.09. The lowest BCUT2D eigenvalue weighted by Crippen LogP contribution is -2.21. The topological polar surface area (TPSA) is 41.1 Å². The van der Waals surface area contributed by atoms with Gasteiger partial charge in [-0.25, -0.2) is 4.98 Å². The molecule has 2 rings (SSSR count). The number of aryl methyl sites for hydroxylation is 2. The van der Waals surface area contributed by atoms with Crippen molar-refractivity contribution in [3.8, 4) is 0 Å². The van der Waals surface area contributed by atoms with Gasteiger partial charge in [0.1, 0.15) is 0 Å². The molecule has 0 atom stereocenters. The highest BCUT2D eigenvalue weighted by Gasteiger charge is 2.10. The Balaban J connectivity index is 2.18. The zero-order valence-electron chi connectivity index (χ0n) is 12.6. The van der Waals surface area contributed by atoms with Crippen molar-refractivity contribution >= 4 is 17.0 Å². The van der Waals surface area contributed by atoms with Crippen molar-refractivity contribution in [3.63, 3.8) is 0 Å². The Hall–Kier alpha value is -1.46. The number of hydrogen-bond donors (Lipinski definition) is 1. The van der Waals surface area contributed by atoms with Gasteiger partial charge in [-0.3, -0.25) is 4.98 Å². The summed E-state index contributed by atoms with van der Waals surface area (Å²) in [5.41, 5.74) is 4.62. The van der Waals surface area contributed by atoms with Crippen LogP contribution in [0.2, 0.25) is 0 Å². The quantitative estimate of drug-likeness (QED) is 0.888. The van der Waals surface area contributed by atoms with Crippen LogP contribution in [-0.4, -0.2) is 23.6 Å². The Morgan fingerprint density at radius 1 is 1.35 bits per heavy atom. The average Bonchev–Trinajstić information content (AvgIpc) is 2.82. The van der Waals surface area contributed by atoms with Gasteiger partial charge in [0.2, 0.25) is 0 Å². The van der Waals surface area contributed by atoms with Crippen LogP contribution in [0.15, 0.2) is 17.6 Å². The summed E-state index contributed by atoms with van der Waals surface area (Å²) in [6.07, 6.45) is 1.97. The van der Waals surface area contributed by atoms with Gasteiger partial charge in [0, 0.05) is 42.1 Å². The van der Waals surface area contributed by atoms with Gasteiger partial charge in [-0.2, -0.15) is 0 Å². The van der Waals surface area contributed by atoms with E-state index in [1.165, 1.54) is 11.3 Å². The summed E-state index contributed by atoms with van der Waals surface area (Å²) in [5, 5.41) is 6.61. The van der Waals surface area contributed by atoms with Crippen molar-refractivity contribution in [1.29, 1.82) is 0 Å². The largest absolute Gasteiger partial charge is 0.368 e. The van der Waals surface area contributed by atoms with Crippen molar-refractivity contribution in [2.24, 2.45) is 0 Å². The maximum atomic E-state index is 4.54. The number of pyridine rings is 1. The summed E-state index contributed by atoms with van der Waals surface area (Å²) < 4.78 is 0. The molecular formula is C15H22N4S. The molecule has 5 heteroatoms. The minimum atomic E-state index is 0.826. The maximum Gasteiger partial charge on any atom is 0.0898 e. The van der Waals surface area contributed by atoms with Crippen molar-refractivity contribution in [1.82, 2.24) is 15.3 Å². The first kappa shape index (κ1) is 14.9. The maximum absolute atomic E-state index is 4.54. The van der Waals surface area contributed by atoms with Crippen LogP contribution >= 0.6 is 11.3 Å².